The molecule has 0 atom stereocenters. The van der Waals surface area contributed by atoms with E-state index >= 15 is 0 Å². The second-order valence-electron chi connectivity index (χ2n) is 8.02. The third-order valence-corrected chi connectivity index (χ3v) is 5.99. The zero-order valence-electron chi connectivity index (χ0n) is 18.9. The van der Waals surface area contributed by atoms with Gasteiger partial charge in [0, 0.05) is 48.3 Å². The topological polar surface area (TPSA) is 107 Å². The average molecular weight is 496 g/mol. The van der Waals surface area contributed by atoms with Crippen molar-refractivity contribution in [1.29, 1.82) is 0 Å². The molecule has 2 aromatic heterocycles. The molecular weight excluding hydrogens is 473 g/mol. The first-order valence-electron chi connectivity index (χ1n) is 11.0. The van der Waals surface area contributed by atoms with Crippen molar-refractivity contribution in [3.8, 4) is 5.75 Å². The van der Waals surface area contributed by atoms with Gasteiger partial charge in [-0.2, -0.15) is 5.10 Å². The SMILES string of the molecule is COc1cc(N2CCNCC2)ccc1Nc1nc(Nc2cc(Cl)ccc2F)cc2cn[nH]c(=O)c12. The Hall–Kier alpha value is -3.89. The highest BCUT2D eigenvalue weighted by Crippen LogP contribution is 2.34. The zero-order chi connectivity index (χ0) is 24.4. The lowest BCUT2D eigenvalue weighted by Crippen LogP contribution is -2.43. The molecule has 1 saturated heterocycles. The van der Waals surface area contributed by atoms with E-state index in [2.05, 4.69) is 36.0 Å². The van der Waals surface area contributed by atoms with Gasteiger partial charge in [-0.15, -0.1) is 0 Å². The van der Waals surface area contributed by atoms with E-state index in [-0.39, 0.29) is 11.5 Å². The fourth-order valence-electron chi connectivity index (χ4n) is 4.04. The van der Waals surface area contributed by atoms with Crippen LogP contribution >= 0.6 is 11.6 Å². The minimum Gasteiger partial charge on any atom is -0.494 e. The van der Waals surface area contributed by atoms with Crippen molar-refractivity contribution in [1.82, 2.24) is 20.5 Å². The number of aromatic amines is 1. The molecule has 2 aromatic carbocycles. The highest BCUT2D eigenvalue weighted by molar-refractivity contribution is 6.30. The number of benzene rings is 2. The quantitative estimate of drug-likeness (QED) is 0.318. The molecule has 0 aliphatic carbocycles. The van der Waals surface area contributed by atoms with Crippen molar-refractivity contribution < 1.29 is 9.13 Å². The van der Waals surface area contributed by atoms with Crippen molar-refractivity contribution in [2.24, 2.45) is 0 Å². The molecule has 35 heavy (non-hydrogen) atoms. The highest BCUT2D eigenvalue weighted by Gasteiger charge is 2.16. The summed E-state index contributed by atoms with van der Waals surface area (Å²) in [4.78, 5) is 19.5. The van der Waals surface area contributed by atoms with Crippen LogP contribution in [0.25, 0.3) is 10.8 Å². The van der Waals surface area contributed by atoms with Gasteiger partial charge in [-0.1, -0.05) is 11.6 Å². The van der Waals surface area contributed by atoms with Gasteiger partial charge < -0.3 is 25.6 Å². The summed E-state index contributed by atoms with van der Waals surface area (Å²) in [5.41, 5.74) is 1.42. The normalized spacial score (nSPS) is 13.6. The number of pyridine rings is 1. The Balaban J connectivity index is 1.54. The van der Waals surface area contributed by atoms with Crippen LogP contribution in [0, 0.1) is 5.82 Å². The molecule has 0 saturated carbocycles. The molecule has 4 aromatic rings. The molecule has 3 heterocycles. The summed E-state index contributed by atoms with van der Waals surface area (Å²) in [5, 5.41) is 17.0. The fraction of sp³-hybridized carbons (Fsp3) is 0.208. The molecule has 0 unspecified atom stereocenters. The third-order valence-electron chi connectivity index (χ3n) is 5.76. The van der Waals surface area contributed by atoms with E-state index in [1.165, 1.54) is 24.4 Å². The van der Waals surface area contributed by atoms with Gasteiger partial charge >= 0.3 is 0 Å². The van der Waals surface area contributed by atoms with Crippen molar-refractivity contribution in [2.75, 3.05) is 48.8 Å². The van der Waals surface area contributed by atoms with Crippen LogP contribution in [0.4, 0.5) is 33.1 Å². The highest BCUT2D eigenvalue weighted by atomic mass is 35.5. The van der Waals surface area contributed by atoms with E-state index in [1.54, 1.807) is 13.2 Å². The summed E-state index contributed by atoms with van der Waals surface area (Å²) < 4.78 is 19.9. The van der Waals surface area contributed by atoms with Gasteiger partial charge in [0.1, 0.15) is 23.2 Å². The first-order valence-corrected chi connectivity index (χ1v) is 11.4. The van der Waals surface area contributed by atoms with Gasteiger partial charge in [0.25, 0.3) is 5.56 Å². The largest absolute Gasteiger partial charge is 0.494 e. The number of halogens is 2. The summed E-state index contributed by atoms with van der Waals surface area (Å²) in [6.07, 6.45) is 1.51. The van der Waals surface area contributed by atoms with E-state index in [0.29, 0.717) is 33.0 Å². The maximum Gasteiger partial charge on any atom is 0.275 e. The summed E-state index contributed by atoms with van der Waals surface area (Å²) in [6, 6.07) is 11.6. The van der Waals surface area contributed by atoms with Crippen LogP contribution in [0.2, 0.25) is 5.02 Å². The van der Waals surface area contributed by atoms with Crippen molar-refractivity contribution in [2.45, 2.75) is 0 Å². The Kier molecular flexibility index (Phi) is 6.39. The number of H-pyrrole nitrogens is 1. The lowest BCUT2D eigenvalue weighted by Gasteiger charge is -2.30. The molecule has 0 radical (unpaired) electrons. The third kappa shape index (κ3) is 4.84. The predicted octanol–water partition coefficient (Wildman–Crippen LogP) is 4.02. The van der Waals surface area contributed by atoms with Crippen LogP contribution in [0.1, 0.15) is 0 Å². The van der Waals surface area contributed by atoms with Gasteiger partial charge in [-0.25, -0.2) is 14.5 Å². The summed E-state index contributed by atoms with van der Waals surface area (Å²) in [6.45, 7) is 3.64. The van der Waals surface area contributed by atoms with Crippen molar-refractivity contribution in [3.63, 3.8) is 0 Å². The number of hydrogen-bond acceptors (Lipinski definition) is 8. The Morgan fingerprint density at radius 1 is 1.09 bits per heavy atom. The Bertz CT molecular complexity index is 1440. The van der Waals surface area contributed by atoms with Crippen molar-refractivity contribution >= 4 is 51.1 Å². The average Bonchev–Trinajstić information content (AvgIpc) is 2.87. The zero-order valence-corrected chi connectivity index (χ0v) is 19.6. The fourth-order valence-corrected chi connectivity index (χ4v) is 4.21. The Labute approximate surface area is 205 Å². The molecule has 11 heteroatoms. The molecule has 1 aliphatic heterocycles. The van der Waals surface area contributed by atoms with Crippen LogP contribution in [-0.2, 0) is 0 Å². The maximum atomic E-state index is 14.3. The van der Waals surface area contributed by atoms with E-state index in [0.717, 1.165) is 31.9 Å². The summed E-state index contributed by atoms with van der Waals surface area (Å²) in [7, 11) is 1.59. The molecular formula is C24H23ClFN7O2. The first kappa shape index (κ1) is 22.9. The number of anilines is 5. The van der Waals surface area contributed by atoms with Crippen LogP contribution in [-0.4, -0.2) is 48.5 Å². The van der Waals surface area contributed by atoms with Crippen LogP contribution in [0.15, 0.2) is 53.5 Å². The second kappa shape index (κ2) is 9.77. The van der Waals surface area contributed by atoms with Gasteiger partial charge in [0.2, 0.25) is 0 Å². The predicted molar refractivity (Wildman–Crippen MR) is 136 cm³/mol. The molecule has 0 amide bonds. The lowest BCUT2D eigenvalue weighted by atomic mass is 10.2. The minimum atomic E-state index is -0.486. The number of rotatable bonds is 6. The summed E-state index contributed by atoms with van der Waals surface area (Å²) in [5.74, 6) is 0.690. The van der Waals surface area contributed by atoms with Gasteiger partial charge in [-0.3, -0.25) is 4.79 Å². The Morgan fingerprint density at radius 2 is 1.91 bits per heavy atom. The number of aromatic nitrogens is 3. The van der Waals surface area contributed by atoms with Crippen LogP contribution in [0.5, 0.6) is 5.75 Å². The van der Waals surface area contributed by atoms with Crippen LogP contribution < -0.4 is 31.1 Å². The molecule has 0 bridgehead atoms. The molecule has 4 N–H and O–H groups in total. The molecule has 5 rings (SSSR count). The van der Waals surface area contributed by atoms with Crippen LogP contribution in [0.3, 0.4) is 0 Å². The number of nitrogens with one attached hydrogen (secondary N) is 4. The second-order valence-corrected chi connectivity index (χ2v) is 8.45. The number of hydrogen-bond donors (Lipinski definition) is 4. The number of piperazine rings is 1. The molecule has 1 fully saturated rings. The number of ether oxygens (including phenoxy) is 1. The smallest absolute Gasteiger partial charge is 0.275 e. The monoisotopic (exact) mass is 495 g/mol. The molecule has 1 aliphatic rings. The van der Waals surface area contributed by atoms with Gasteiger partial charge in [0.15, 0.2) is 0 Å². The van der Waals surface area contributed by atoms with Crippen molar-refractivity contribution in [3.05, 3.63) is 69.9 Å². The number of fused-ring (bicyclic) bond motifs is 1. The minimum absolute atomic E-state index is 0.158. The molecule has 9 nitrogen and oxygen atoms in total. The first-order chi connectivity index (χ1) is 17.0. The van der Waals surface area contributed by atoms with E-state index in [9.17, 15) is 9.18 Å². The number of nitrogens with zero attached hydrogens (tertiary/aromatic N) is 3. The van der Waals surface area contributed by atoms with E-state index < -0.39 is 11.4 Å². The standard InChI is InChI=1S/C24H23ClFN7O2/c1-35-20-12-16(33-8-6-27-7-9-33)3-5-18(20)30-23-22-14(13-28-32-24(22)34)10-21(31-23)29-19-11-15(25)2-4-17(19)26/h2-5,10-13,27H,6-9H2,1H3,(H,32,34)(H2,29,30,31). The van der Waals surface area contributed by atoms with Gasteiger partial charge in [-0.05, 0) is 36.4 Å². The number of methoxy groups -OCH3 is 1. The molecule has 0 spiro atoms. The van der Waals surface area contributed by atoms with Gasteiger partial charge in [0.05, 0.1) is 30.1 Å². The Morgan fingerprint density at radius 3 is 2.71 bits per heavy atom. The maximum absolute atomic E-state index is 14.3. The van der Waals surface area contributed by atoms with E-state index in [4.69, 9.17) is 16.3 Å². The summed E-state index contributed by atoms with van der Waals surface area (Å²) >= 11 is 6.02. The lowest BCUT2D eigenvalue weighted by molar-refractivity contribution is 0.416. The van der Waals surface area contributed by atoms with E-state index in [1.807, 2.05) is 18.2 Å². The molecule has 180 valence electrons.